The summed E-state index contributed by atoms with van der Waals surface area (Å²) in [5.41, 5.74) is 9.41. The van der Waals surface area contributed by atoms with Gasteiger partial charge in [0.1, 0.15) is 5.75 Å². The summed E-state index contributed by atoms with van der Waals surface area (Å²) >= 11 is 0. The molecule has 0 aromatic heterocycles. The molecule has 3 N–H and O–H groups in total. The molecular formula is C20H28N4O. The van der Waals surface area contributed by atoms with Crippen LogP contribution in [0.15, 0.2) is 53.5 Å². The largest absolute Gasteiger partial charge is 0.497 e. The Kier molecular flexibility index (Phi) is 7.29. The van der Waals surface area contributed by atoms with Crippen molar-refractivity contribution in [2.75, 3.05) is 25.5 Å². The highest BCUT2D eigenvalue weighted by molar-refractivity contribution is 5.92. The molecule has 0 aliphatic heterocycles. The van der Waals surface area contributed by atoms with Crippen molar-refractivity contribution in [1.29, 1.82) is 0 Å². The van der Waals surface area contributed by atoms with E-state index < -0.39 is 0 Å². The third kappa shape index (κ3) is 5.80. The van der Waals surface area contributed by atoms with Crippen molar-refractivity contribution in [3.8, 4) is 5.75 Å². The predicted octanol–water partition coefficient (Wildman–Crippen LogP) is 3.46. The third-order valence-electron chi connectivity index (χ3n) is 4.19. The Hall–Kier alpha value is -2.53. The van der Waals surface area contributed by atoms with Gasteiger partial charge in [-0.05, 0) is 48.5 Å². The van der Waals surface area contributed by atoms with E-state index in [-0.39, 0.29) is 0 Å². The second kappa shape index (κ2) is 9.69. The zero-order chi connectivity index (χ0) is 18.1. The molecule has 0 saturated carbocycles. The number of anilines is 1. The number of ether oxygens (including phenoxy) is 1. The minimum absolute atomic E-state index is 0.405. The van der Waals surface area contributed by atoms with Crippen molar-refractivity contribution in [2.24, 2.45) is 10.7 Å². The first-order chi connectivity index (χ1) is 12.2. The van der Waals surface area contributed by atoms with Gasteiger partial charge < -0.3 is 15.8 Å². The van der Waals surface area contributed by atoms with Gasteiger partial charge in [0.25, 0.3) is 0 Å². The number of nitrogens with zero attached hydrogens (tertiary/aromatic N) is 2. The fraction of sp³-hybridized carbons (Fsp3) is 0.350. The fourth-order valence-electron chi connectivity index (χ4n) is 2.59. The number of nitrogens with one attached hydrogen (secondary N) is 1. The van der Waals surface area contributed by atoms with Crippen molar-refractivity contribution in [3.63, 3.8) is 0 Å². The number of aliphatic imine (C=N–C) groups is 1. The summed E-state index contributed by atoms with van der Waals surface area (Å²) in [5.74, 6) is 1.22. The number of hydrogen-bond donors (Lipinski definition) is 2. The number of guanidine groups is 1. The van der Waals surface area contributed by atoms with E-state index in [2.05, 4.69) is 47.3 Å². The van der Waals surface area contributed by atoms with Crippen LogP contribution in [0.3, 0.4) is 0 Å². The number of hydrogen-bond acceptors (Lipinski definition) is 3. The lowest BCUT2D eigenvalue weighted by Crippen LogP contribution is -2.24. The Morgan fingerprint density at radius 2 is 1.68 bits per heavy atom. The van der Waals surface area contributed by atoms with Gasteiger partial charge in [0.2, 0.25) is 0 Å². The molecule has 25 heavy (non-hydrogen) atoms. The van der Waals surface area contributed by atoms with Crippen molar-refractivity contribution in [1.82, 2.24) is 4.90 Å². The van der Waals surface area contributed by atoms with Crippen molar-refractivity contribution < 1.29 is 4.74 Å². The lowest BCUT2D eigenvalue weighted by Gasteiger charge is -2.19. The maximum absolute atomic E-state index is 6.03. The number of rotatable bonds is 8. The first-order valence-corrected chi connectivity index (χ1v) is 8.66. The first kappa shape index (κ1) is 18.8. The highest BCUT2D eigenvalue weighted by Crippen LogP contribution is 2.15. The van der Waals surface area contributed by atoms with E-state index in [1.54, 1.807) is 7.11 Å². The monoisotopic (exact) mass is 340 g/mol. The predicted molar refractivity (Wildman–Crippen MR) is 105 cm³/mol. The van der Waals surface area contributed by atoms with Gasteiger partial charge in [0.15, 0.2) is 5.96 Å². The van der Waals surface area contributed by atoms with E-state index in [1.165, 1.54) is 11.1 Å². The van der Waals surface area contributed by atoms with Gasteiger partial charge in [-0.3, -0.25) is 4.90 Å². The Balaban J connectivity index is 2.02. The number of nitrogens with two attached hydrogens (primary N) is 1. The summed E-state index contributed by atoms with van der Waals surface area (Å²) in [6, 6.07) is 16.0. The van der Waals surface area contributed by atoms with E-state index in [0.29, 0.717) is 12.5 Å². The Labute approximate surface area is 150 Å². The Bertz CT molecular complexity index is 678. The topological polar surface area (TPSA) is 62.9 Å². The molecule has 0 unspecified atom stereocenters. The van der Waals surface area contributed by atoms with Crippen LogP contribution in [0.4, 0.5) is 5.69 Å². The molecule has 0 heterocycles. The van der Waals surface area contributed by atoms with Crippen LogP contribution in [0.2, 0.25) is 0 Å². The van der Waals surface area contributed by atoms with Crippen LogP contribution >= 0.6 is 0 Å². The maximum atomic E-state index is 6.03. The summed E-state index contributed by atoms with van der Waals surface area (Å²) in [6.07, 6.45) is 0. The molecule has 0 bridgehead atoms. The molecule has 2 rings (SSSR count). The molecule has 0 spiro atoms. The van der Waals surface area contributed by atoms with Crippen LogP contribution in [0.25, 0.3) is 0 Å². The molecule has 0 atom stereocenters. The van der Waals surface area contributed by atoms with Gasteiger partial charge >= 0.3 is 0 Å². The Morgan fingerprint density at radius 1 is 1.04 bits per heavy atom. The molecule has 0 aliphatic carbocycles. The molecule has 2 aromatic rings. The van der Waals surface area contributed by atoms with E-state index in [1.807, 2.05) is 30.3 Å². The summed E-state index contributed by atoms with van der Waals surface area (Å²) in [4.78, 5) is 6.88. The molecule has 5 nitrogen and oxygen atoms in total. The maximum Gasteiger partial charge on any atom is 0.193 e. The molecule has 0 radical (unpaired) electrons. The molecule has 0 saturated heterocycles. The van der Waals surface area contributed by atoms with Gasteiger partial charge in [-0.15, -0.1) is 0 Å². The van der Waals surface area contributed by atoms with Gasteiger partial charge in [-0.2, -0.15) is 0 Å². The van der Waals surface area contributed by atoms with Gasteiger partial charge in [-0.1, -0.05) is 38.1 Å². The summed E-state index contributed by atoms with van der Waals surface area (Å²) < 4.78 is 5.15. The standard InChI is InChI=1S/C20H28N4O/c1-4-24(5-2)15-17-9-7-6-8-16(17)14-22-20(21)23-18-10-12-19(25-3)13-11-18/h6-13H,4-5,14-15H2,1-3H3,(H3,21,22,23). The number of benzene rings is 2. The molecular weight excluding hydrogens is 312 g/mol. The average Bonchev–Trinajstić information content (AvgIpc) is 2.65. The minimum atomic E-state index is 0.405. The smallest absolute Gasteiger partial charge is 0.193 e. The molecule has 2 aromatic carbocycles. The normalized spacial score (nSPS) is 11.6. The highest BCUT2D eigenvalue weighted by atomic mass is 16.5. The lowest BCUT2D eigenvalue weighted by atomic mass is 10.1. The van der Waals surface area contributed by atoms with Crippen LogP contribution in [-0.4, -0.2) is 31.1 Å². The van der Waals surface area contributed by atoms with E-state index in [4.69, 9.17) is 10.5 Å². The highest BCUT2D eigenvalue weighted by Gasteiger charge is 2.06. The fourth-order valence-corrected chi connectivity index (χ4v) is 2.59. The van der Waals surface area contributed by atoms with Gasteiger partial charge in [0, 0.05) is 12.2 Å². The van der Waals surface area contributed by atoms with E-state index in [0.717, 1.165) is 31.1 Å². The quantitative estimate of drug-likeness (QED) is 0.570. The summed E-state index contributed by atoms with van der Waals surface area (Å²) in [5, 5.41) is 3.11. The van der Waals surface area contributed by atoms with Crippen molar-refractivity contribution >= 4 is 11.6 Å². The van der Waals surface area contributed by atoms with Crippen LogP contribution in [0.5, 0.6) is 5.75 Å². The lowest BCUT2D eigenvalue weighted by molar-refractivity contribution is 0.295. The summed E-state index contributed by atoms with van der Waals surface area (Å²) in [7, 11) is 1.65. The zero-order valence-corrected chi connectivity index (χ0v) is 15.3. The summed E-state index contributed by atoms with van der Waals surface area (Å²) in [6.45, 7) is 7.93. The molecule has 0 fully saturated rings. The molecule has 5 heteroatoms. The van der Waals surface area contributed by atoms with Gasteiger partial charge in [-0.25, -0.2) is 4.99 Å². The van der Waals surface area contributed by atoms with Crippen LogP contribution in [0, 0.1) is 0 Å². The average molecular weight is 340 g/mol. The van der Waals surface area contributed by atoms with Crippen molar-refractivity contribution in [2.45, 2.75) is 26.9 Å². The molecule has 134 valence electrons. The van der Waals surface area contributed by atoms with Gasteiger partial charge in [0.05, 0.1) is 13.7 Å². The third-order valence-corrected chi connectivity index (χ3v) is 4.19. The van der Waals surface area contributed by atoms with Crippen LogP contribution in [0.1, 0.15) is 25.0 Å². The van der Waals surface area contributed by atoms with E-state index >= 15 is 0 Å². The Morgan fingerprint density at radius 3 is 2.28 bits per heavy atom. The molecule has 0 amide bonds. The first-order valence-electron chi connectivity index (χ1n) is 8.66. The second-order valence-electron chi connectivity index (χ2n) is 5.79. The minimum Gasteiger partial charge on any atom is -0.497 e. The second-order valence-corrected chi connectivity index (χ2v) is 5.79. The molecule has 0 aliphatic rings. The van der Waals surface area contributed by atoms with Crippen LogP contribution in [-0.2, 0) is 13.1 Å². The van der Waals surface area contributed by atoms with Crippen molar-refractivity contribution in [3.05, 3.63) is 59.7 Å². The SMILES string of the molecule is CCN(CC)Cc1ccccc1CN=C(N)Nc1ccc(OC)cc1. The van der Waals surface area contributed by atoms with E-state index in [9.17, 15) is 0 Å². The zero-order valence-electron chi connectivity index (χ0n) is 15.3. The number of methoxy groups -OCH3 is 1. The van der Waals surface area contributed by atoms with Crippen LogP contribution < -0.4 is 15.8 Å².